The molecule has 0 saturated heterocycles. The first-order valence-corrected chi connectivity index (χ1v) is 5.00. The number of hydrogen-bond donors (Lipinski definition) is 1. The normalized spacial score (nSPS) is 12.0. The number of para-hydroxylation sites is 1. The van der Waals surface area contributed by atoms with E-state index in [0.29, 0.717) is 11.3 Å². The lowest BCUT2D eigenvalue weighted by atomic mass is 10.1. The van der Waals surface area contributed by atoms with Crippen molar-refractivity contribution in [2.75, 3.05) is 0 Å². The van der Waals surface area contributed by atoms with Crippen molar-refractivity contribution in [3.63, 3.8) is 0 Å². The molecule has 1 aromatic carbocycles. The average molecular weight is 220 g/mol. The molecule has 1 heterocycles. The molecule has 0 aliphatic rings. The third-order valence-corrected chi connectivity index (χ3v) is 2.73. The van der Waals surface area contributed by atoms with Crippen LogP contribution in [0.2, 0.25) is 0 Å². The summed E-state index contributed by atoms with van der Waals surface area (Å²) in [6.45, 7) is 1.98. The molecule has 2 aromatic rings. The number of aldehydes is 1. The van der Waals surface area contributed by atoms with Crippen molar-refractivity contribution in [3.8, 4) is 0 Å². The Morgan fingerprint density at radius 1 is 1.40 bits per heavy atom. The van der Waals surface area contributed by atoms with Gasteiger partial charge in [0, 0.05) is 10.9 Å². The Bertz CT molecular complexity index is 540. The summed E-state index contributed by atoms with van der Waals surface area (Å²) in [4.78, 5) is 13.5. The summed E-state index contributed by atoms with van der Waals surface area (Å²) in [5.41, 5.74) is 2.90. The molecule has 1 N–H and O–H groups in total. The minimum atomic E-state index is 0.443. The molecule has 0 aliphatic heterocycles. The molecule has 2 rings (SSSR count). The Morgan fingerprint density at radius 2 is 2.13 bits per heavy atom. The van der Waals surface area contributed by atoms with Gasteiger partial charge in [-0.1, -0.05) is 29.8 Å². The summed E-state index contributed by atoms with van der Waals surface area (Å²) in [5.74, 6) is 0. The molecule has 0 unspecified atom stereocenters. The van der Waals surface area contributed by atoms with Crippen LogP contribution in [0.4, 0.5) is 0 Å². The van der Waals surface area contributed by atoms with E-state index in [4.69, 9.17) is 11.6 Å². The Kier molecular flexibility index (Phi) is 2.60. The molecular weight excluding hydrogens is 210 g/mol. The quantitative estimate of drug-likeness (QED) is 0.610. The number of rotatable bonds is 2. The van der Waals surface area contributed by atoms with E-state index < -0.39 is 0 Å². The lowest BCUT2D eigenvalue weighted by Gasteiger charge is -1.95. The molecular formula is C12H10ClNO. The van der Waals surface area contributed by atoms with E-state index in [1.807, 2.05) is 31.2 Å². The zero-order chi connectivity index (χ0) is 10.8. The number of carbonyl (C=O) groups is 1. The van der Waals surface area contributed by atoms with Gasteiger partial charge in [0.25, 0.3) is 0 Å². The van der Waals surface area contributed by atoms with Crippen LogP contribution in [0, 0.1) is 6.92 Å². The third-order valence-electron chi connectivity index (χ3n) is 2.42. The summed E-state index contributed by atoms with van der Waals surface area (Å²) < 4.78 is 0. The second kappa shape index (κ2) is 3.91. The number of hydrogen-bond acceptors (Lipinski definition) is 1. The van der Waals surface area contributed by atoms with Crippen LogP contribution in [0.25, 0.3) is 15.9 Å². The van der Waals surface area contributed by atoms with E-state index in [1.165, 1.54) is 6.08 Å². The van der Waals surface area contributed by atoms with Crippen molar-refractivity contribution in [3.05, 3.63) is 41.6 Å². The van der Waals surface area contributed by atoms with Gasteiger partial charge in [-0.15, -0.1) is 0 Å². The van der Waals surface area contributed by atoms with Crippen molar-refractivity contribution in [1.82, 2.24) is 4.98 Å². The van der Waals surface area contributed by atoms with E-state index in [2.05, 4.69) is 4.98 Å². The van der Waals surface area contributed by atoms with Crippen LogP contribution in [0.3, 0.4) is 0 Å². The van der Waals surface area contributed by atoms with Gasteiger partial charge in [-0.05, 0) is 24.6 Å². The van der Waals surface area contributed by atoms with E-state index in [-0.39, 0.29) is 0 Å². The molecule has 0 saturated carbocycles. The topological polar surface area (TPSA) is 32.9 Å². The monoisotopic (exact) mass is 219 g/mol. The second-order valence-corrected chi connectivity index (χ2v) is 3.73. The number of aryl methyl sites for hydroxylation is 1. The molecule has 76 valence electrons. The number of halogens is 1. The first kappa shape index (κ1) is 9.99. The number of aromatic amines is 1. The molecule has 2 nitrogen and oxygen atoms in total. The van der Waals surface area contributed by atoms with E-state index in [1.54, 1.807) is 0 Å². The SMILES string of the molecule is Cc1c(/C(Cl)=C/C=O)[nH]c2ccccc12. The number of nitrogens with one attached hydrogen (secondary N) is 1. The van der Waals surface area contributed by atoms with Crippen LogP contribution in [-0.4, -0.2) is 11.3 Å². The maximum atomic E-state index is 10.3. The number of fused-ring (bicyclic) bond motifs is 1. The molecule has 0 aliphatic carbocycles. The summed E-state index contributed by atoms with van der Waals surface area (Å²) in [6.07, 6.45) is 2.03. The molecule has 0 amide bonds. The van der Waals surface area contributed by atoms with Crippen LogP contribution in [0.5, 0.6) is 0 Å². The largest absolute Gasteiger partial charge is 0.354 e. The van der Waals surface area contributed by atoms with Crippen LogP contribution in [-0.2, 0) is 4.79 Å². The van der Waals surface area contributed by atoms with Crippen LogP contribution in [0.15, 0.2) is 30.3 Å². The maximum Gasteiger partial charge on any atom is 0.144 e. The highest BCUT2D eigenvalue weighted by atomic mass is 35.5. The standard InChI is InChI=1S/C12H10ClNO/c1-8-9-4-2-3-5-11(9)14-12(8)10(13)6-7-15/h2-7,14H,1H3/b10-6-. The van der Waals surface area contributed by atoms with Gasteiger partial charge in [0.1, 0.15) is 6.29 Å². The fraction of sp³-hybridized carbons (Fsp3) is 0.0833. The van der Waals surface area contributed by atoms with Gasteiger partial charge in [0.05, 0.1) is 10.7 Å². The van der Waals surface area contributed by atoms with Gasteiger partial charge < -0.3 is 4.98 Å². The van der Waals surface area contributed by atoms with E-state index in [9.17, 15) is 4.79 Å². The molecule has 15 heavy (non-hydrogen) atoms. The fourth-order valence-electron chi connectivity index (χ4n) is 1.66. The first-order chi connectivity index (χ1) is 7.24. The number of carbonyl (C=O) groups excluding carboxylic acids is 1. The third kappa shape index (κ3) is 1.68. The first-order valence-electron chi connectivity index (χ1n) is 4.62. The molecule has 0 spiro atoms. The molecule has 0 fully saturated rings. The molecule has 0 radical (unpaired) electrons. The summed E-state index contributed by atoms with van der Waals surface area (Å²) in [7, 11) is 0. The highest BCUT2D eigenvalue weighted by Crippen LogP contribution is 2.28. The predicted molar refractivity (Wildman–Crippen MR) is 62.9 cm³/mol. The van der Waals surface area contributed by atoms with Gasteiger partial charge in [0.15, 0.2) is 0 Å². The van der Waals surface area contributed by atoms with Crippen molar-refractivity contribution < 1.29 is 4.79 Å². The summed E-state index contributed by atoms with van der Waals surface area (Å²) in [5, 5.41) is 1.57. The predicted octanol–water partition coefficient (Wildman–Crippen LogP) is 3.25. The maximum absolute atomic E-state index is 10.3. The molecule has 1 aromatic heterocycles. The number of allylic oxidation sites excluding steroid dienone is 1. The summed E-state index contributed by atoms with van der Waals surface area (Å²) in [6, 6.07) is 7.94. The van der Waals surface area contributed by atoms with Crippen LogP contribution in [0.1, 0.15) is 11.3 Å². The highest BCUT2D eigenvalue weighted by Gasteiger charge is 2.08. The minimum Gasteiger partial charge on any atom is -0.354 e. The highest BCUT2D eigenvalue weighted by molar-refractivity contribution is 6.49. The zero-order valence-corrected chi connectivity index (χ0v) is 9.01. The van der Waals surface area contributed by atoms with Crippen molar-refractivity contribution in [2.45, 2.75) is 6.92 Å². The lowest BCUT2D eigenvalue weighted by Crippen LogP contribution is -1.80. The molecule has 0 atom stereocenters. The van der Waals surface area contributed by atoms with Crippen molar-refractivity contribution in [2.24, 2.45) is 0 Å². The fourth-order valence-corrected chi connectivity index (χ4v) is 1.90. The van der Waals surface area contributed by atoms with Crippen LogP contribution < -0.4 is 0 Å². The van der Waals surface area contributed by atoms with Gasteiger partial charge >= 0.3 is 0 Å². The Hall–Kier alpha value is -1.54. The molecule has 0 bridgehead atoms. The Balaban J connectivity index is 2.68. The van der Waals surface area contributed by atoms with Crippen molar-refractivity contribution >= 4 is 33.8 Å². The lowest BCUT2D eigenvalue weighted by molar-refractivity contribution is -0.104. The minimum absolute atomic E-state index is 0.443. The van der Waals surface area contributed by atoms with Gasteiger partial charge in [0.2, 0.25) is 0 Å². The van der Waals surface area contributed by atoms with Gasteiger partial charge in [-0.2, -0.15) is 0 Å². The number of H-pyrrole nitrogens is 1. The Morgan fingerprint density at radius 3 is 2.80 bits per heavy atom. The van der Waals surface area contributed by atoms with Crippen LogP contribution >= 0.6 is 11.6 Å². The molecule has 3 heteroatoms. The summed E-state index contributed by atoms with van der Waals surface area (Å²) >= 11 is 5.98. The van der Waals surface area contributed by atoms with Gasteiger partial charge in [-0.3, -0.25) is 4.79 Å². The number of aromatic nitrogens is 1. The van der Waals surface area contributed by atoms with E-state index >= 15 is 0 Å². The van der Waals surface area contributed by atoms with Gasteiger partial charge in [-0.25, -0.2) is 0 Å². The Labute approximate surface area is 92.6 Å². The van der Waals surface area contributed by atoms with Crippen molar-refractivity contribution in [1.29, 1.82) is 0 Å². The number of benzene rings is 1. The van der Waals surface area contributed by atoms with E-state index in [0.717, 1.165) is 22.2 Å². The second-order valence-electron chi connectivity index (χ2n) is 3.32. The smallest absolute Gasteiger partial charge is 0.144 e. The average Bonchev–Trinajstić information content (AvgIpc) is 2.57. The zero-order valence-electron chi connectivity index (χ0n) is 8.25.